The fraction of sp³-hybridized carbons (Fsp3) is 0.588. The predicted octanol–water partition coefficient (Wildman–Crippen LogP) is 0.785. The summed E-state index contributed by atoms with van der Waals surface area (Å²) in [6, 6.07) is 3.37. The Bertz CT molecular complexity index is 678. The summed E-state index contributed by atoms with van der Waals surface area (Å²) in [4.78, 5) is 31.8. The van der Waals surface area contributed by atoms with Gasteiger partial charge >= 0.3 is 0 Å². The van der Waals surface area contributed by atoms with Crippen LogP contribution in [0.3, 0.4) is 0 Å². The molecule has 2 rings (SSSR count). The average Bonchev–Trinajstić information content (AvgIpc) is 2.94. The van der Waals surface area contributed by atoms with Crippen molar-refractivity contribution in [3.63, 3.8) is 0 Å². The van der Waals surface area contributed by atoms with Crippen molar-refractivity contribution in [2.45, 2.75) is 45.8 Å². The number of hydrogen-bond acceptors (Lipinski definition) is 4. The molecule has 138 valence electrons. The topological polar surface area (TPSA) is 104 Å². The number of hydrogen-bond donors (Lipinski definition) is 2. The lowest BCUT2D eigenvalue weighted by atomic mass is 9.96. The predicted molar refractivity (Wildman–Crippen MR) is 95.1 cm³/mol. The molecular weight excluding hydrogens is 322 g/mol. The molecule has 2 heterocycles. The van der Waals surface area contributed by atoms with Crippen LogP contribution in [0, 0.1) is 0 Å². The van der Waals surface area contributed by atoms with E-state index in [2.05, 4.69) is 24.2 Å². The van der Waals surface area contributed by atoms with E-state index in [1.54, 1.807) is 13.1 Å². The van der Waals surface area contributed by atoms with Crippen LogP contribution in [0.5, 0.6) is 0 Å². The van der Waals surface area contributed by atoms with Crippen molar-refractivity contribution in [2.75, 3.05) is 20.1 Å². The van der Waals surface area contributed by atoms with Gasteiger partial charge in [-0.15, -0.1) is 0 Å². The van der Waals surface area contributed by atoms with Gasteiger partial charge in [-0.3, -0.25) is 14.6 Å². The van der Waals surface area contributed by atoms with Crippen molar-refractivity contribution in [1.29, 1.82) is 0 Å². The summed E-state index contributed by atoms with van der Waals surface area (Å²) in [7, 11) is 1.67. The monoisotopic (exact) mass is 349 g/mol. The number of primary amides is 1. The number of piperazine rings is 1. The molecule has 0 unspecified atom stereocenters. The van der Waals surface area contributed by atoms with E-state index in [4.69, 9.17) is 10.2 Å². The molecule has 0 saturated carbocycles. The second kappa shape index (κ2) is 7.16. The second-order valence-electron chi connectivity index (χ2n) is 7.06. The second-order valence-corrected chi connectivity index (χ2v) is 7.06. The minimum absolute atomic E-state index is 0.0724. The van der Waals surface area contributed by atoms with Crippen LogP contribution < -0.4 is 11.1 Å². The molecule has 1 fully saturated rings. The third-order valence-electron chi connectivity index (χ3n) is 4.18. The zero-order valence-electron chi connectivity index (χ0n) is 15.5. The number of aliphatic imine (C=N–C) groups is 1. The van der Waals surface area contributed by atoms with Gasteiger partial charge in [-0.2, -0.15) is 0 Å². The van der Waals surface area contributed by atoms with Crippen molar-refractivity contribution in [1.82, 2.24) is 15.1 Å². The van der Waals surface area contributed by atoms with Crippen LogP contribution in [0.2, 0.25) is 0 Å². The summed E-state index contributed by atoms with van der Waals surface area (Å²) >= 11 is 0. The van der Waals surface area contributed by atoms with E-state index in [-0.39, 0.29) is 29.8 Å². The number of carbonyl (C=O) groups is 2. The number of guanidine groups is 1. The molecule has 1 aliphatic heterocycles. The van der Waals surface area contributed by atoms with E-state index in [1.165, 1.54) is 6.07 Å². The molecule has 1 aromatic rings. The van der Waals surface area contributed by atoms with Crippen LogP contribution in [0.25, 0.3) is 0 Å². The first-order chi connectivity index (χ1) is 11.7. The van der Waals surface area contributed by atoms with Crippen LogP contribution in [-0.4, -0.2) is 59.3 Å². The Kier molecular flexibility index (Phi) is 5.39. The highest BCUT2D eigenvalue weighted by atomic mass is 16.3. The maximum Gasteiger partial charge on any atom is 0.284 e. The maximum atomic E-state index is 12.6. The molecular formula is C17H27N5O3. The van der Waals surface area contributed by atoms with Gasteiger partial charge in [0.1, 0.15) is 5.76 Å². The summed E-state index contributed by atoms with van der Waals surface area (Å²) in [5, 5.41) is 3.17. The molecule has 1 aliphatic rings. The Labute approximate surface area is 148 Å². The third-order valence-corrected chi connectivity index (χ3v) is 4.18. The molecule has 0 atom stereocenters. The molecule has 0 spiro atoms. The van der Waals surface area contributed by atoms with E-state index in [0.29, 0.717) is 24.8 Å². The molecule has 0 aliphatic carbocycles. The standard InChI is InChI=1S/C17H27N5O3/c1-11(2)22-14(23)9-21(10-17(22,3)4)16(19-5)20-8-12-6-7-13(25-12)15(18)24/h6-7,11H,8-10H2,1-5H3,(H2,18,24)(H,19,20). The smallest absolute Gasteiger partial charge is 0.284 e. The number of nitrogens with two attached hydrogens (primary N) is 1. The van der Waals surface area contributed by atoms with E-state index in [9.17, 15) is 9.59 Å². The van der Waals surface area contributed by atoms with E-state index < -0.39 is 5.91 Å². The summed E-state index contributed by atoms with van der Waals surface area (Å²) in [6.07, 6.45) is 0. The van der Waals surface area contributed by atoms with E-state index in [1.807, 2.05) is 23.6 Å². The van der Waals surface area contributed by atoms with Gasteiger partial charge in [-0.25, -0.2) is 0 Å². The quantitative estimate of drug-likeness (QED) is 0.618. The van der Waals surface area contributed by atoms with Crippen molar-refractivity contribution in [2.24, 2.45) is 10.7 Å². The van der Waals surface area contributed by atoms with Crippen molar-refractivity contribution in [3.05, 3.63) is 23.7 Å². The van der Waals surface area contributed by atoms with Crippen LogP contribution in [-0.2, 0) is 11.3 Å². The normalized spacial score (nSPS) is 18.0. The first kappa shape index (κ1) is 18.8. The first-order valence-corrected chi connectivity index (χ1v) is 8.32. The highest BCUT2D eigenvalue weighted by Gasteiger charge is 2.40. The summed E-state index contributed by atoms with van der Waals surface area (Å²) in [5.74, 6) is 0.771. The molecule has 25 heavy (non-hydrogen) atoms. The fourth-order valence-electron chi connectivity index (χ4n) is 3.42. The lowest BCUT2D eigenvalue weighted by Gasteiger charge is -2.49. The molecule has 0 bridgehead atoms. The Morgan fingerprint density at radius 1 is 1.44 bits per heavy atom. The number of nitrogens with one attached hydrogen (secondary N) is 1. The minimum Gasteiger partial charge on any atom is -0.454 e. The van der Waals surface area contributed by atoms with Crippen LogP contribution in [0.15, 0.2) is 21.5 Å². The van der Waals surface area contributed by atoms with Gasteiger partial charge in [0.25, 0.3) is 5.91 Å². The zero-order valence-corrected chi connectivity index (χ0v) is 15.5. The summed E-state index contributed by atoms with van der Waals surface area (Å²) in [5.41, 5.74) is 4.88. The van der Waals surface area contributed by atoms with Gasteiger partial charge in [0, 0.05) is 19.6 Å². The van der Waals surface area contributed by atoms with Crippen LogP contribution >= 0.6 is 0 Å². The Morgan fingerprint density at radius 3 is 2.60 bits per heavy atom. The molecule has 2 amide bonds. The lowest BCUT2D eigenvalue weighted by molar-refractivity contribution is -0.145. The lowest BCUT2D eigenvalue weighted by Crippen LogP contribution is -2.66. The van der Waals surface area contributed by atoms with Gasteiger partial charge in [0.15, 0.2) is 11.7 Å². The Morgan fingerprint density at radius 2 is 2.12 bits per heavy atom. The molecule has 1 saturated heterocycles. The van der Waals surface area contributed by atoms with Crippen LogP contribution in [0.1, 0.15) is 44.0 Å². The Hall–Kier alpha value is -2.51. The van der Waals surface area contributed by atoms with E-state index in [0.717, 1.165) is 0 Å². The van der Waals surface area contributed by atoms with Crippen molar-refractivity contribution < 1.29 is 14.0 Å². The number of nitrogens with zero attached hydrogens (tertiary/aromatic N) is 3. The zero-order chi connectivity index (χ0) is 18.8. The average molecular weight is 349 g/mol. The van der Waals surface area contributed by atoms with Crippen molar-refractivity contribution >= 4 is 17.8 Å². The third kappa shape index (κ3) is 4.12. The number of furan rings is 1. The Balaban J connectivity index is 2.05. The molecule has 1 aromatic heterocycles. The number of amides is 2. The van der Waals surface area contributed by atoms with Gasteiger partial charge in [-0.1, -0.05) is 0 Å². The summed E-state index contributed by atoms with van der Waals surface area (Å²) < 4.78 is 5.35. The highest BCUT2D eigenvalue weighted by molar-refractivity contribution is 5.90. The molecule has 3 N–H and O–H groups in total. The number of rotatable bonds is 4. The first-order valence-electron chi connectivity index (χ1n) is 8.32. The van der Waals surface area contributed by atoms with E-state index >= 15 is 0 Å². The highest BCUT2D eigenvalue weighted by Crippen LogP contribution is 2.24. The molecule has 8 heteroatoms. The maximum absolute atomic E-state index is 12.6. The molecule has 0 radical (unpaired) electrons. The molecule has 0 aromatic carbocycles. The van der Waals surface area contributed by atoms with Gasteiger partial charge < -0.3 is 25.3 Å². The molecule has 8 nitrogen and oxygen atoms in total. The fourth-order valence-corrected chi connectivity index (χ4v) is 3.42. The van der Waals surface area contributed by atoms with Gasteiger partial charge in [-0.05, 0) is 39.8 Å². The minimum atomic E-state index is -0.604. The van der Waals surface area contributed by atoms with Gasteiger partial charge in [0.05, 0.1) is 18.6 Å². The number of carbonyl (C=O) groups excluding carboxylic acids is 2. The summed E-state index contributed by atoms with van der Waals surface area (Å²) in [6.45, 7) is 9.43. The van der Waals surface area contributed by atoms with Gasteiger partial charge in [0.2, 0.25) is 5.91 Å². The largest absolute Gasteiger partial charge is 0.454 e. The SMILES string of the molecule is CN=C(NCc1ccc(C(N)=O)o1)N1CC(=O)N(C(C)C)C(C)(C)C1. The van der Waals surface area contributed by atoms with Crippen molar-refractivity contribution in [3.8, 4) is 0 Å². The van der Waals surface area contributed by atoms with Crippen LogP contribution in [0.4, 0.5) is 0 Å².